The molecule has 128 valence electrons. The second kappa shape index (κ2) is 6.45. The molecule has 2 aromatic carbocycles. The van der Waals surface area contributed by atoms with E-state index in [1.165, 1.54) is 5.56 Å². The van der Waals surface area contributed by atoms with Crippen molar-refractivity contribution in [2.24, 2.45) is 5.10 Å². The van der Waals surface area contributed by atoms with Gasteiger partial charge in [0.1, 0.15) is 5.69 Å². The molecule has 6 heteroatoms. The number of hydrogen-bond donors (Lipinski definition) is 1. The minimum atomic E-state index is 0.0849. The van der Waals surface area contributed by atoms with Crippen molar-refractivity contribution in [3.05, 3.63) is 76.6 Å². The summed E-state index contributed by atoms with van der Waals surface area (Å²) in [6.07, 6.45) is 0.735. The molecule has 0 radical (unpaired) electrons. The van der Waals surface area contributed by atoms with Gasteiger partial charge in [0.05, 0.1) is 34.8 Å². The van der Waals surface area contributed by atoms with E-state index < -0.39 is 0 Å². The summed E-state index contributed by atoms with van der Waals surface area (Å²) in [5.41, 5.74) is 9.81. The summed E-state index contributed by atoms with van der Waals surface area (Å²) < 4.78 is 1.84. The highest BCUT2D eigenvalue weighted by Gasteiger charge is 2.25. The zero-order valence-corrected chi connectivity index (χ0v) is 14.6. The van der Waals surface area contributed by atoms with Crippen LogP contribution in [0, 0.1) is 25.2 Å². The van der Waals surface area contributed by atoms with Crippen molar-refractivity contribution in [3.63, 3.8) is 0 Å². The third-order valence-electron chi connectivity index (χ3n) is 4.64. The molecule has 26 heavy (non-hydrogen) atoms. The van der Waals surface area contributed by atoms with Crippen LogP contribution in [0.2, 0.25) is 0 Å². The Morgan fingerprint density at radius 2 is 1.81 bits per heavy atom. The first-order chi connectivity index (χ1) is 12.7. The van der Waals surface area contributed by atoms with Crippen LogP contribution in [0.4, 0.5) is 0 Å². The molecule has 0 bridgehead atoms. The first-order valence-electron chi connectivity index (χ1n) is 8.47. The number of hydrogen-bond acceptors (Lipinski definition) is 5. The van der Waals surface area contributed by atoms with E-state index in [0.29, 0.717) is 5.56 Å². The second-order valence-electron chi connectivity index (χ2n) is 6.45. The van der Waals surface area contributed by atoms with Crippen LogP contribution in [-0.2, 0) is 0 Å². The predicted octanol–water partition coefficient (Wildman–Crippen LogP) is 3.19. The van der Waals surface area contributed by atoms with Crippen molar-refractivity contribution in [2.45, 2.75) is 26.3 Å². The van der Waals surface area contributed by atoms with E-state index in [4.69, 9.17) is 5.26 Å². The number of nitrogens with one attached hydrogen (secondary N) is 1. The Bertz CT molecular complexity index is 1010. The lowest BCUT2D eigenvalue weighted by Gasteiger charge is -2.09. The standard InChI is InChI=1S/C20H18N6/c1-13-3-9-17(10-4-13)26-14(2)20(24-25-26)19-11-18(22-23-19)16-7-5-15(12-21)6-8-16/h3-10,18,22H,11H2,1-2H3. The number of nitrogens with zero attached hydrogens (tertiary/aromatic N) is 5. The van der Waals surface area contributed by atoms with E-state index in [-0.39, 0.29) is 6.04 Å². The van der Waals surface area contributed by atoms with Gasteiger partial charge in [0, 0.05) is 6.42 Å². The maximum atomic E-state index is 8.92. The Kier molecular flexibility index (Phi) is 3.98. The number of aromatic nitrogens is 3. The molecule has 4 rings (SSSR count). The summed E-state index contributed by atoms with van der Waals surface area (Å²) in [7, 11) is 0. The molecular weight excluding hydrogens is 324 g/mol. The molecule has 1 N–H and O–H groups in total. The highest BCUT2D eigenvalue weighted by atomic mass is 15.4. The minimum Gasteiger partial charge on any atom is -0.302 e. The van der Waals surface area contributed by atoms with Crippen molar-refractivity contribution in [1.82, 2.24) is 20.4 Å². The molecule has 1 aliphatic rings. The molecule has 1 aliphatic heterocycles. The van der Waals surface area contributed by atoms with Crippen LogP contribution < -0.4 is 5.43 Å². The molecule has 3 aromatic rings. The topological polar surface area (TPSA) is 78.9 Å². The molecule has 0 aliphatic carbocycles. The monoisotopic (exact) mass is 342 g/mol. The Morgan fingerprint density at radius 1 is 1.08 bits per heavy atom. The fourth-order valence-corrected chi connectivity index (χ4v) is 3.10. The van der Waals surface area contributed by atoms with E-state index in [9.17, 15) is 0 Å². The van der Waals surface area contributed by atoms with E-state index in [2.05, 4.69) is 46.0 Å². The van der Waals surface area contributed by atoms with Crippen LogP contribution in [0.1, 0.15) is 40.5 Å². The van der Waals surface area contributed by atoms with Gasteiger partial charge in [0.2, 0.25) is 0 Å². The lowest BCUT2D eigenvalue weighted by molar-refractivity contribution is 0.620. The summed E-state index contributed by atoms with van der Waals surface area (Å²) in [4.78, 5) is 0. The SMILES string of the molecule is Cc1ccc(-n2nnc(C3=NNC(c4ccc(C#N)cc4)C3)c2C)cc1. The molecular formula is C20H18N6. The fourth-order valence-electron chi connectivity index (χ4n) is 3.10. The predicted molar refractivity (Wildman–Crippen MR) is 99.0 cm³/mol. The van der Waals surface area contributed by atoms with Crippen LogP contribution >= 0.6 is 0 Å². The highest BCUT2D eigenvalue weighted by molar-refractivity contribution is 6.01. The second-order valence-corrected chi connectivity index (χ2v) is 6.45. The van der Waals surface area contributed by atoms with E-state index in [1.807, 2.05) is 48.0 Å². The van der Waals surface area contributed by atoms with E-state index >= 15 is 0 Å². The Labute approximate surface area is 151 Å². The van der Waals surface area contributed by atoms with Gasteiger partial charge in [-0.1, -0.05) is 35.0 Å². The molecule has 0 spiro atoms. The normalized spacial score (nSPS) is 16.0. The fraction of sp³-hybridized carbons (Fsp3) is 0.200. The number of hydrazone groups is 1. The molecule has 1 unspecified atom stereocenters. The van der Waals surface area contributed by atoms with E-state index in [1.54, 1.807) is 0 Å². The van der Waals surface area contributed by atoms with Gasteiger partial charge in [-0.15, -0.1) is 5.10 Å². The Hall–Kier alpha value is -3.46. The molecule has 0 fully saturated rings. The van der Waals surface area contributed by atoms with Crippen LogP contribution in [0.25, 0.3) is 5.69 Å². The number of aryl methyl sites for hydroxylation is 1. The summed E-state index contributed by atoms with van der Waals surface area (Å²) in [6, 6.07) is 18.0. The van der Waals surface area contributed by atoms with Crippen molar-refractivity contribution in [2.75, 3.05) is 0 Å². The Balaban J connectivity index is 1.55. The number of nitriles is 1. The maximum Gasteiger partial charge on any atom is 0.132 e. The summed E-state index contributed by atoms with van der Waals surface area (Å²) in [5.74, 6) is 0. The third-order valence-corrected chi connectivity index (χ3v) is 4.64. The van der Waals surface area contributed by atoms with Crippen molar-refractivity contribution >= 4 is 5.71 Å². The smallest absolute Gasteiger partial charge is 0.132 e. The molecule has 0 saturated heterocycles. The van der Waals surface area contributed by atoms with Gasteiger partial charge in [-0.2, -0.15) is 10.4 Å². The first-order valence-corrected chi connectivity index (χ1v) is 8.47. The number of rotatable bonds is 3. The van der Waals surface area contributed by atoms with Gasteiger partial charge in [-0.25, -0.2) is 4.68 Å². The van der Waals surface area contributed by atoms with Gasteiger partial charge in [-0.3, -0.25) is 0 Å². The van der Waals surface area contributed by atoms with Crippen LogP contribution in [0.15, 0.2) is 53.6 Å². The summed E-state index contributed by atoms with van der Waals surface area (Å²) in [5, 5.41) is 22.0. The molecule has 0 amide bonds. The van der Waals surface area contributed by atoms with Crippen molar-refractivity contribution in [3.8, 4) is 11.8 Å². The Morgan fingerprint density at radius 3 is 2.50 bits per heavy atom. The third kappa shape index (κ3) is 2.84. The van der Waals surface area contributed by atoms with Gasteiger partial charge < -0.3 is 5.43 Å². The van der Waals surface area contributed by atoms with Crippen molar-refractivity contribution in [1.29, 1.82) is 5.26 Å². The average Bonchev–Trinajstić information content (AvgIpc) is 3.29. The van der Waals surface area contributed by atoms with Crippen LogP contribution in [0.3, 0.4) is 0 Å². The average molecular weight is 342 g/mol. The first kappa shape index (κ1) is 16.0. The zero-order valence-electron chi connectivity index (χ0n) is 14.6. The summed E-state index contributed by atoms with van der Waals surface area (Å²) in [6.45, 7) is 4.07. The minimum absolute atomic E-state index is 0.0849. The van der Waals surface area contributed by atoms with E-state index in [0.717, 1.165) is 34.8 Å². The van der Waals surface area contributed by atoms with Crippen LogP contribution in [-0.4, -0.2) is 20.7 Å². The van der Waals surface area contributed by atoms with Gasteiger partial charge in [0.25, 0.3) is 0 Å². The van der Waals surface area contributed by atoms with Crippen molar-refractivity contribution < 1.29 is 0 Å². The van der Waals surface area contributed by atoms with Gasteiger partial charge in [-0.05, 0) is 43.7 Å². The lowest BCUT2D eigenvalue weighted by Crippen LogP contribution is -2.10. The van der Waals surface area contributed by atoms with Gasteiger partial charge in [0.15, 0.2) is 0 Å². The molecule has 6 nitrogen and oxygen atoms in total. The molecule has 1 aromatic heterocycles. The summed E-state index contributed by atoms with van der Waals surface area (Å²) >= 11 is 0. The zero-order chi connectivity index (χ0) is 18.1. The highest BCUT2D eigenvalue weighted by Crippen LogP contribution is 2.25. The lowest BCUT2D eigenvalue weighted by atomic mass is 10.00. The maximum absolute atomic E-state index is 8.92. The molecule has 0 saturated carbocycles. The van der Waals surface area contributed by atoms with Gasteiger partial charge >= 0.3 is 0 Å². The quantitative estimate of drug-likeness (QED) is 0.793. The number of benzene rings is 2. The largest absolute Gasteiger partial charge is 0.302 e. The molecule has 2 heterocycles. The van der Waals surface area contributed by atoms with Crippen LogP contribution in [0.5, 0.6) is 0 Å². The molecule has 1 atom stereocenters.